The summed E-state index contributed by atoms with van der Waals surface area (Å²) in [6, 6.07) is 5.83. The van der Waals surface area contributed by atoms with Crippen LogP contribution in [0.1, 0.15) is 26.7 Å². The summed E-state index contributed by atoms with van der Waals surface area (Å²) in [5.41, 5.74) is 2.93. The molecule has 0 saturated carbocycles. The van der Waals surface area contributed by atoms with Gasteiger partial charge in [-0.2, -0.15) is 14.8 Å². The van der Waals surface area contributed by atoms with Crippen LogP contribution < -0.4 is 4.90 Å². The van der Waals surface area contributed by atoms with Crippen LogP contribution in [0.3, 0.4) is 0 Å². The number of aromatic nitrogens is 5. The minimum atomic E-state index is 0.112. The predicted octanol–water partition coefficient (Wildman–Crippen LogP) is 2.57. The zero-order valence-electron chi connectivity index (χ0n) is 12.8. The van der Waals surface area contributed by atoms with Gasteiger partial charge in [0.2, 0.25) is 5.95 Å². The van der Waals surface area contributed by atoms with Crippen LogP contribution in [-0.4, -0.2) is 36.9 Å². The van der Waals surface area contributed by atoms with Crippen molar-refractivity contribution in [1.29, 1.82) is 0 Å². The standard InChI is InChI=1S/C16H18N6/c1-16(2)7-4-10-21(16)15-17-9-6-13(20-15)12-11-19-22-14(12)5-3-8-18-22/h3,5-6,8-9,11H,4,7,10H2,1-2H3. The Balaban J connectivity index is 1.79. The number of rotatable bonds is 2. The van der Waals surface area contributed by atoms with E-state index in [1.165, 1.54) is 12.8 Å². The van der Waals surface area contributed by atoms with Crippen LogP contribution in [0.2, 0.25) is 0 Å². The fourth-order valence-electron chi connectivity index (χ4n) is 3.14. The number of fused-ring (bicyclic) bond motifs is 1. The van der Waals surface area contributed by atoms with Crippen LogP contribution in [0.4, 0.5) is 5.95 Å². The molecule has 1 aliphatic heterocycles. The second-order valence-corrected chi connectivity index (χ2v) is 6.27. The first-order valence-corrected chi connectivity index (χ1v) is 7.55. The lowest BCUT2D eigenvalue weighted by atomic mass is 10.0. The van der Waals surface area contributed by atoms with Crippen molar-refractivity contribution in [2.24, 2.45) is 0 Å². The molecule has 4 rings (SSSR count). The lowest BCUT2D eigenvalue weighted by molar-refractivity contribution is 0.510. The highest BCUT2D eigenvalue weighted by atomic mass is 15.4. The number of hydrogen-bond acceptors (Lipinski definition) is 5. The Labute approximate surface area is 128 Å². The highest BCUT2D eigenvalue weighted by Crippen LogP contribution is 2.32. The summed E-state index contributed by atoms with van der Waals surface area (Å²) >= 11 is 0. The smallest absolute Gasteiger partial charge is 0.226 e. The Kier molecular flexibility index (Phi) is 2.85. The molecule has 0 aliphatic carbocycles. The fraction of sp³-hybridized carbons (Fsp3) is 0.375. The molecule has 6 nitrogen and oxygen atoms in total. The lowest BCUT2D eigenvalue weighted by Crippen LogP contribution is -2.39. The zero-order chi connectivity index (χ0) is 15.2. The van der Waals surface area contributed by atoms with Crippen LogP contribution in [0.5, 0.6) is 0 Å². The average Bonchev–Trinajstić information content (AvgIpc) is 3.10. The molecule has 0 unspecified atom stereocenters. The van der Waals surface area contributed by atoms with Crippen molar-refractivity contribution in [2.75, 3.05) is 11.4 Å². The quantitative estimate of drug-likeness (QED) is 0.727. The fourth-order valence-corrected chi connectivity index (χ4v) is 3.14. The molecule has 0 amide bonds. The molecular formula is C16H18N6. The Morgan fingerprint density at radius 3 is 2.86 bits per heavy atom. The largest absolute Gasteiger partial charge is 0.336 e. The molecule has 0 N–H and O–H groups in total. The van der Waals surface area contributed by atoms with Crippen molar-refractivity contribution in [3.05, 3.63) is 36.8 Å². The van der Waals surface area contributed by atoms with Crippen LogP contribution in [0, 0.1) is 0 Å². The third kappa shape index (κ3) is 2.03. The van der Waals surface area contributed by atoms with Gasteiger partial charge in [-0.15, -0.1) is 0 Å². The van der Waals surface area contributed by atoms with Gasteiger partial charge in [-0.05, 0) is 44.9 Å². The van der Waals surface area contributed by atoms with Gasteiger partial charge in [0.1, 0.15) is 0 Å². The van der Waals surface area contributed by atoms with E-state index in [2.05, 4.69) is 33.9 Å². The molecule has 0 radical (unpaired) electrons. The Hall–Kier alpha value is -2.50. The summed E-state index contributed by atoms with van der Waals surface area (Å²) in [6.07, 6.45) is 7.71. The van der Waals surface area contributed by atoms with Gasteiger partial charge in [-0.3, -0.25) is 0 Å². The van der Waals surface area contributed by atoms with Gasteiger partial charge >= 0.3 is 0 Å². The molecule has 0 atom stereocenters. The van der Waals surface area contributed by atoms with Gasteiger partial charge in [0.15, 0.2) is 0 Å². The molecule has 22 heavy (non-hydrogen) atoms. The molecule has 3 aromatic heterocycles. The highest BCUT2D eigenvalue weighted by molar-refractivity contribution is 5.77. The number of nitrogens with zero attached hydrogens (tertiary/aromatic N) is 6. The summed E-state index contributed by atoms with van der Waals surface area (Å²) in [6.45, 7) is 5.50. The number of anilines is 1. The SMILES string of the molecule is CC1(C)CCCN1c1nccc(-c2cnn3ncccc23)n1. The van der Waals surface area contributed by atoms with Crippen molar-refractivity contribution in [3.63, 3.8) is 0 Å². The van der Waals surface area contributed by atoms with Gasteiger partial charge in [-0.1, -0.05) is 0 Å². The van der Waals surface area contributed by atoms with Crippen molar-refractivity contribution in [1.82, 2.24) is 24.8 Å². The van der Waals surface area contributed by atoms with Crippen molar-refractivity contribution >= 4 is 11.5 Å². The van der Waals surface area contributed by atoms with Crippen LogP contribution in [0.15, 0.2) is 36.8 Å². The topological polar surface area (TPSA) is 59.2 Å². The van der Waals surface area contributed by atoms with E-state index in [-0.39, 0.29) is 5.54 Å². The Bertz CT molecular complexity index is 822. The van der Waals surface area contributed by atoms with Gasteiger partial charge in [0.05, 0.1) is 17.4 Å². The first kappa shape index (κ1) is 13.2. The summed E-state index contributed by atoms with van der Waals surface area (Å²) < 4.78 is 1.62. The molecule has 1 aliphatic rings. The second-order valence-electron chi connectivity index (χ2n) is 6.27. The Morgan fingerprint density at radius 1 is 1.14 bits per heavy atom. The minimum Gasteiger partial charge on any atom is -0.336 e. The van der Waals surface area contributed by atoms with E-state index in [1.807, 2.05) is 30.6 Å². The molecule has 1 fully saturated rings. The van der Waals surface area contributed by atoms with Crippen molar-refractivity contribution in [3.8, 4) is 11.3 Å². The number of hydrogen-bond donors (Lipinski definition) is 0. The molecule has 0 spiro atoms. The molecule has 0 bridgehead atoms. The first-order chi connectivity index (χ1) is 10.6. The average molecular weight is 294 g/mol. The molecule has 0 aromatic carbocycles. The molecule has 6 heteroatoms. The zero-order valence-corrected chi connectivity index (χ0v) is 12.8. The third-order valence-electron chi connectivity index (χ3n) is 4.37. The van der Waals surface area contributed by atoms with E-state index < -0.39 is 0 Å². The lowest BCUT2D eigenvalue weighted by Gasteiger charge is -2.31. The van der Waals surface area contributed by atoms with E-state index >= 15 is 0 Å². The molecule has 1 saturated heterocycles. The van der Waals surface area contributed by atoms with E-state index in [4.69, 9.17) is 4.98 Å². The van der Waals surface area contributed by atoms with Crippen LogP contribution >= 0.6 is 0 Å². The van der Waals surface area contributed by atoms with Crippen LogP contribution in [-0.2, 0) is 0 Å². The van der Waals surface area contributed by atoms with E-state index in [9.17, 15) is 0 Å². The van der Waals surface area contributed by atoms with Gasteiger partial charge in [-0.25, -0.2) is 9.97 Å². The normalized spacial score (nSPS) is 17.3. The minimum absolute atomic E-state index is 0.112. The van der Waals surface area contributed by atoms with Crippen molar-refractivity contribution in [2.45, 2.75) is 32.2 Å². The van der Waals surface area contributed by atoms with E-state index in [0.29, 0.717) is 0 Å². The van der Waals surface area contributed by atoms with E-state index in [1.54, 1.807) is 10.8 Å². The predicted molar refractivity (Wildman–Crippen MR) is 84.7 cm³/mol. The second kappa shape index (κ2) is 4.76. The van der Waals surface area contributed by atoms with Crippen molar-refractivity contribution < 1.29 is 0 Å². The summed E-state index contributed by atoms with van der Waals surface area (Å²) in [7, 11) is 0. The van der Waals surface area contributed by atoms with Gasteiger partial charge in [0, 0.05) is 30.0 Å². The molecule has 4 heterocycles. The van der Waals surface area contributed by atoms with Crippen LogP contribution in [0.25, 0.3) is 16.8 Å². The van der Waals surface area contributed by atoms with E-state index in [0.717, 1.165) is 29.3 Å². The maximum Gasteiger partial charge on any atom is 0.226 e. The maximum absolute atomic E-state index is 4.78. The first-order valence-electron chi connectivity index (χ1n) is 7.55. The molecule has 3 aromatic rings. The van der Waals surface area contributed by atoms with Gasteiger partial charge < -0.3 is 4.90 Å². The monoisotopic (exact) mass is 294 g/mol. The molecular weight excluding hydrogens is 276 g/mol. The summed E-state index contributed by atoms with van der Waals surface area (Å²) in [5.74, 6) is 0.795. The summed E-state index contributed by atoms with van der Waals surface area (Å²) in [5, 5.41) is 8.48. The third-order valence-corrected chi connectivity index (χ3v) is 4.37. The summed E-state index contributed by atoms with van der Waals surface area (Å²) in [4.78, 5) is 11.5. The van der Waals surface area contributed by atoms with Gasteiger partial charge in [0.25, 0.3) is 0 Å². The Morgan fingerprint density at radius 2 is 2.05 bits per heavy atom. The molecule has 112 valence electrons. The maximum atomic E-state index is 4.78. The highest BCUT2D eigenvalue weighted by Gasteiger charge is 2.33.